The number of benzene rings is 2. The molecule has 0 fully saturated rings. The van der Waals surface area contributed by atoms with Gasteiger partial charge in [0.15, 0.2) is 0 Å². The molecule has 0 aliphatic rings. The van der Waals surface area contributed by atoms with Gasteiger partial charge in [-0.1, -0.05) is 36.4 Å². The first-order valence-electron chi connectivity index (χ1n) is 5.68. The zero-order valence-electron chi connectivity index (χ0n) is 10.1. The largest absolute Gasteiger partial charge is 0.496 e. The Bertz CT molecular complexity index is 523. The van der Waals surface area contributed by atoms with Gasteiger partial charge in [-0.25, -0.2) is 0 Å². The molecule has 1 radical (unpaired) electrons. The summed E-state index contributed by atoms with van der Waals surface area (Å²) in [5.41, 5.74) is 1.48. The van der Waals surface area contributed by atoms with Crippen LogP contribution in [0.5, 0.6) is 5.75 Å². The molecule has 18 heavy (non-hydrogen) atoms. The number of carbonyl (C=O) groups excluding carboxylic acids is 1. The van der Waals surface area contributed by atoms with E-state index in [1.165, 1.54) is 0 Å². The Morgan fingerprint density at radius 1 is 1.22 bits per heavy atom. The van der Waals surface area contributed by atoms with Crippen molar-refractivity contribution in [2.45, 2.75) is 6.54 Å². The lowest BCUT2D eigenvalue weighted by Crippen LogP contribution is -2.23. The summed E-state index contributed by atoms with van der Waals surface area (Å²) >= 11 is 0. The van der Waals surface area contributed by atoms with Crippen LogP contribution in [0.4, 0.5) is 0 Å². The molecule has 2 aromatic carbocycles. The van der Waals surface area contributed by atoms with Crippen molar-refractivity contribution in [2.24, 2.45) is 0 Å². The maximum absolute atomic E-state index is 12.0. The SMILES string of the molecule is COc1ccccc1C(=O)NCc1[c]cccc1. The maximum Gasteiger partial charge on any atom is 0.255 e. The van der Waals surface area contributed by atoms with Crippen LogP contribution in [0.25, 0.3) is 0 Å². The molecule has 0 saturated heterocycles. The van der Waals surface area contributed by atoms with Crippen LogP contribution < -0.4 is 10.1 Å². The molecule has 0 atom stereocenters. The van der Waals surface area contributed by atoms with Gasteiger partial charge >= 0.3 is 0 Å². The minimum absolute atomic E-state index is 0.148. The fourth-order valence-corrected chi connectivity index (χ4v) is 1.64. The fourth-order valence-electron chi connectivity index (χ4n) is 1.64. The van der Waals surface area contributed by atoms with Gasteiger partial charge in [-0.2, -0.15) is 0 Å². The summed E-state index contributed by atoms with van der Waals surface area (Å²) in [5, 5.41) is 2.84. The molecule has 0 unspecified atom stereocenters. The summed E-state index contributed by atoms with van der Waals surface area (Å²) in [5.74, 6) is 0.428. The third kappa shape index (κ3) is 2.88. The van der Waals surface area contributed by atoms with Crippen LogP contribution in [-0.2, 0) is 6.54 Å². The number of rotatable bonds is 4. The molecule has 0 aliphatic carbocycles. The van der Waals surface area contributed by atoms with Crippen molar-refractivity contribution in [1.29, 1.82) is 0 Å². The molecule has 3 heteroatoms. The van der Waals surface area contributed by atoms with Gasteiger partial charge in [0, 0.05) is 6.54 Å². The zero-order chi connectivity index (χ0) is 12.8. The van der Waals surface area contributed by atoms with Gasteiger partial charge in [-0.3, -0.25) is 4.79 Å². The van der Waals surface area contributed by atoms with Crippen LogP contribution in [0.1, 0.15) is 15.9 Å². The summed E-state index contributed by atoms with van der Waals surface area (Å²) in [4.78, 5) is 12.0. The van der Waals surface area contributed by atoms with E-state index in [4.69, 9.17) is 4.74 Å². The smallest absolute Gasteiger partial charge is 0.255 e. The number of nitrogens with one attached hydrogen (secondary N) is 1. The second-order valence-corrected chi connectivity index (χ2v) is 3.77. The molecule has 3 nitrogen and oxygen atoms in total. The molecular weight excluding hydrogens is 226 g/mol. The van der Waals surface area contributed by atoms with Crippen molar-refractivity contribution in [1.82, 2.24) is 5.32 Å². The molecule has 1 N–H and O–H groups in total. The van der Waals surface area contributed by atoms with Crippen molar-refractivity contribution < 1.29 is 9.53 Å². The molecule has 2 aromatic rings. The standard InChI is InChI=1S/C15H14NO2/c1-18-14-10-6-5-9-13(14)15(17)16-11-12-7-3-2-4-8-12/h2-7,9-10H,11H2,1H3,(H,16,17). The Morgan fingerprint density at radius 2 is 2.00 bits per heavy atom. The molecule has 0 bridgehead atoms. The molecule has 91 valence electrons. The van der Waals surface area contributed by atoms with Gasteiger partial charge in [0.1, 0.15) is 5.75 Å². The molecule has 0 heterocycles. The van der Waals surface area contributed by atoms with Crippen LogP contribution in [0.2, 0.25) is 0 Å². The van der Waals surface area contributed by atoms with Crippen LogP contribution in [0, 0.1) is 6.07 Å². The first-order chi connectivity index (χ1) is 8.81. The lowest BCUT2D eigenvalue weighted by molar-refractivity contribution is 0.0948. The lowest BCUT2D eigenvalue weighted by atomic mass is 10.1. The number of ether oxygens (including phenoxy) is 1. The Kier molecular flexibility index (Phi) is 3.97. The number of para-hydroxylation sites is 1. The van der Waals surface area contributed by atoms with Gasteiger partial charge in [0.2, 0.25) is 0 Å². The van der Waals surface area contributed by atoms with Crippen LogP contribution in [0.3, 0.4) is 0 Å². The fraction of sp³-hybridized carbons (Fsp3) is 0.133. The molecule has 0 aromatic heterocycles. The molecule has 0 saturated carbocycles. The Morgan fingerprint density at radius 3 is 2.72 bits per heavy atom. The van der Waals surface area contributed by atoms with Gasteiger partial charge in [-0.15, -0.1) is 0 Å². The second-order valence-electron chi connectivity index (χ2n) is 3.77. The third-order valence-electron chi connectivity index (χ3n) is 2.56. The minimum Gasteiger partial charge on any atom is -0.496 e. The number of amides is 1. The molecular formula is C15H14NO2. The predicted molar refractivity (Wildman–Crippen MR) is 69.4 cm³/mol. The van der Waals surface area contributed by atoms with Gasteiger partial charge < -0.3 is 10.1 Å². The van der Waals surface area contributed by atoms with Crippen molar-refractivity contribution in [3.8, 4) is 5.75 Å². The normalized spacial score (nSPS) is 9.83. The average Bonchev–Trinajstić information content (AvgIpc) is 2.45. The maximum atomic E-state index is 12.0. The summed E-state index contributed by atoms with van der Waals surface area (Å²) in [6.07, 6.45) is 0. The third-order valence-corrected chi connectivity index (χ3v) is 2.56. The minimum atomic E-state index is -0.148. The van der Waals surface area contributed by atoms with E-state index in [0.29, 0.717) is 17.9 Å². The van der Waals surface area contributed by atoms with Gasteiger partial charge in [0.05, 0.1) is 12.7 Å². The lowest BCUT2D eigenvalue weighted by Gasteiger charge is -2.08. The van der Waals surface area contributed by atoms with Crippen molar-refractivity contribution in [3.05, 3.63) is 65.7 Å². The van der Waals surface area contributed by atoms with E-state index in [-0.39, 0.29) is 5.91 Å². The Hall–Kier alpha value is -2.29. The first-order valence-corrected chi connectivity index (χ1v) is 5.68. The highest BCUT2D eigenvalue weighted by Crippen LogP contribution is 2.16. The highest BCUT2D eigenvalue weighted by atomic mass is 16.5. The topological polar surface area (TPSA) is 38.3 Å². The van der Waals surface area contributed by atoms with E-state index in [1.54, 1.807) is 19.2 Å². The molecule has 1 amide bonds. The molecule has 0 aliphatic heterocycles. The summed E-state index contributed by atoms with van der Waals surface area (Å²) in [6, 6.07) is 17.8. The molecule has 0 spiro atoms. The van der Waals surface area contributed by atoms with Crippen molar-refractivity contribution in [3.63, 3.8) is 0 Å². The number of methoxy groups -OCH3 is 1. The Balaban J connectivity index is 2.04. The van der Waals surface area contributed by atoms with Crippen LogP contribution in [0.15, 0.2) is 48.5 Å². The quantitative estimate of drug-likeness (QED) is 0.891. The van der Waals surface area contributed by atoms with E-state index in [9.17, 15) is 4.79 Å². The zero-order valence-corrected chi connectivity index (χ0v) is 10.1. The number of hydrogen-bond donors (Lipinski definition) is 1. The van der Waals surface area contributed by atoms with Crippen molar-refractivity contribution >= 4 is 5.91 Å². The van der Waals surface area contributed by atoms with Crippen molar-refractivity contribution in [2.75, 3.05) is 7.11 Å². The van der Waals surface area contributed by atoms with E-state index >= 15 is 0 Å². The first kappa shape index (κ1) is 12.2. The summed E-state index contributed by atoms with van der Waals surface area (Å²) in [7, 11) is 1.55. The van der Waals surface area contributed by atoms with E-state index < -0.39 is 0 Å². The monoisotopic (exact) mass is 240 g/mol. The average molecular weight is 240 g/mol. The van der Waals surface area contributed by atoms with Gasteiger partial charge in [-0.05, 0) is 23.8 Å². The van der Waals surface area contributed by atoms with Crippen LogP contribution >= 0.6 is 0 Å². The van der Waals surface area contributed by atoms with E-state index in [1.807, 2.05) is 36.4 Å². The predicted octanol–water partition coefficient (Wildman–Crippen LogP) is 2.43. The summed E-state index contributed by atoms with van der Waals surface area (Å²) in [6.45, 7) is 0.456. The second kappa shape index (κ2) is 5.87. The number of carbonyl (C=O) groups is 1. The van der Waals surface area contributed by atoms with Gasteiger partial charge in [0.25, 0.3) is 5.91 Å². The van der Waals surface area contributed by atoms with E-state index in [2.05, 4.69) is 11.4 Å². The number of hydrogen-bond acceptors (Lipinski definition) is 2. The molecule has 2 rings (SSSR count). The summed E-state index contributed by atoms with van der Waals surface area (Å²) < 4.78 is 5.15. The van der Waals surface area contributed by atoms with E-state index in [0.717, 1.165) is 5.56 Å². The Labute approximate surface area is 106 Å². The highest BCUT2D eigenvalue weighted by molar-refractivity contribution is 5.96. The van der Waals surface area contributed by atoms with Crippen LogP contribution in [-0.4, -0.2) is 13.0 Å². The highest BCUT2D eigenvalue weighted by Gasteiger charge is 2.10.